The molecule has 0 atom stereocenters. The Morgan fingerprint density at radius 2 is 0.336 bits per heavy atom. The molecule has 0 amide bonds. The monoisotopic (exact) mass is 1410 g/mol. The lowest BCUT2D eigenvalue weighted by molar-refractivity contribution is 0.851. The Hall–Kier alpha value is -14.6. The van der Waals surface area contributed by atoms with Gasteiger partial charge in [-0.05, 0) is 231 Å². The van der Waals surface area contributed by atoms with Crippen molar-refractivity contribution in [2.24, 2.45) is 0 Å². The van der Waals surface area contributed by atoms with Gasteiger partial charge in [0, 0.05) is 134 Å². The zero-order chi connectivity index (χ0) is 72.3. The van der Waals surface area contributed by atoms with Crippen molar-refractivity contribution in [1.82, 2.24) is 22.8 Å². The molecule has 0 fully saturated rings. The summed E-state index contributed by atoms with van der Waals surface area (Å²) in [4.78, 5) is 7.50. The summed E-state index contributed by atoms with van der Waals surface area (Å²) in [6, 6.07) is 143. The van der Waals surface area contributed by atoms with Gasteiger partial charge in [0.25, 0.3) is 0 Å². The third-order valence-electron chi connectivity index (χ3n) is 22.7. The van der Waals surface area contributed by atoms with Crippen molar-refractivity contribution < 1.29 is 0 Å². The number of fused-ring (bicyclic) bond motifs is 15. The third kappa shape index (κ3) is 10.1. The van der Waals surface area contributed by atoms with Gasteiger partial charge in [-0.2, -0.15) is 0 Å². The van der Waals surface area contributed by atoms with Crippen molar-refractivity contribution in [2.45, 2.75) is 12.8 Å². The van der Waals surface area contributed by atoms with Crippen molar-refractivity contribution in [3.8, 4) is 28.4 Å². The van der Waals surface area contributed by atoms with Crippen molar-refractivity contribution in [3.63, 3.8) is 0 Å². The van der Waals surface area contributed by atoms with Crippen LogP contribution in [0.15, 0.2) is 412 Å². The van der Waals surface area contributed by atoms with Gasteiger partial charge in [-0.1, -0.05) is 182 Å². The van der Waals surface area contributed by atoms with Gasteiger partial charge in [0.15, 0.2) is 0 Å². The number of allylic oxidation sites excluding steroid dienone is 4. The molecule has 22 rings (SSSR count). The van der Waals surface area contributed by atoms with Gasteiger partial charge in [-0.15, -0.1) is 0 Å². The van der Waals surface area contributed by atoms with Crippen LogP contribution in [0.4, 0.5) is 39.8 Å². The molecule has 1 aliphatic carbocycles. The summed E-state index contributed by atoms with van der Waals surface area (Å²) in [7, 11) is 0. The highest BCUT2D eigenvalue weighted by Crippen LogP contribution is 2.48. The standard InChI is InChI=1S/C102H70N8/c1-6-26-69(27-7-1)106-93-41-21-16-36-83(93)88-64-78(54-59-98(88)106)103(74-46-50-76(51-47-74)104(79-55-60-99-89(65-79)84-37-17-22-42-94(84)107(99)70-28-8-2-9-29-70)80-56-61-100-90(66-80)85-38-18-23-43-95(85)108(100)71-30-10-3-11-31-71)75-48-52-77(53-49-75)105(81-57-62-101-91(67-81)86-39-19-24-44-96(86)109(101)72-32-12-4-13-33-72)82-58-63-102-92(68-82)87-40-20-25-45-97(87)110(102)73-34-14-5-15-35-73/h1-48,50-52,54-68H,49,53H2. The number of aromatic nitrogens is 5. The first kappa shape index (κ1) is 62.7. The van der Waals surface area contributed by atoms with Crippen LogP contribution in [0.1, 0.15) is 12.8 Å². The minimum absolute atomic E-state index is 0.748. The largest absolute Gasteiger partial charge is 0.314 e. The van der Waals surface area contributed by atoms with E-state index < -0.39 is 0 Å². The van der Waals surface area contributed by atoms with E-state index in [1.165, 1.54) is 92.8 Å². The fourth-order valence-corrected chi connectivity index (χ4v) is 17.9. The SMILES string of the molecule is C1=C(N(c2ccc(N(c3ccc4c(c3)c3ccccc3n4-c3ccccc3)c3ccc4c(c3)c3ccccc3n4-c3ccccc3)cc2)c2ccc3c(c2)c2ccccc2n3-c2ccccc2)CCC(N(c2ccc3c(c2)c2ccccc2n3-c2ccccc2)c2ccc3c(c2)c2ccccc2n3-c2ccccc2)=C1. The first-order chi connectivity index (χ1) is 54.6. The molecule has 0 bridgehead atoms. The predicted molar refractivity (Wildman–Crippen MR) is 462 cm³/mol. The first-order valence-corrected chi connectivity index (χ1v) is 37.9. The van der Waals surface area contributed by atoms with Crippen LogP contribution in [-0.2, 0) is 0 Å². The molecule has 0 N–H and O–H groups in total. The Morgan fingerprint density at radius 3 is 0.573 bits per heavy atom. The quantitative estimate of drug-likeness (QED) is 0.109. The number of para-hydroxylation sites is 10. The fraction of sp³-hybridized carbons (Fsp3) is 0.0196. The van der Waals surface area contributed by atoms with Crippen LogP contribution in [-0.4, -0.2) is 22.8 Å². The van der Waals surface area contributed by atoms with Crippen LogP contribution < -0.4 is 14.7 Å². The predicted octanol–water partition coefficient (Wildman–Crippen LogP) is 27.2. The molecule has 0 spiro atoms. The minimum Gasteiger partial charge on any atom is -0.314 e. The van der Waals surface area contributed by atoms with E-state index in [-0.39, 0.29) is 0 Å². The lowest BCUT2D eigenvalue weighted by Crippen LogP contribution is -2.22. The summed E-state index contributed by atoms with van der Waals surface area (Å²) in [6.45, 7) is 0. The van der Waals surface area contributed by atoms with Crippen molar-refractivity contribution in [2.75, 3.05) is 14.7 Å². The molecular formula is C102H70N8. The molecule has 1 aliphatic rings. The van der Waals surface area contributed by atoms with Gasteiger partial charge >= 0.3 is 0 Å². The molecule has 110 heavy (non-hydrogen) atoms. The molecule has 5 heterocycles. The maximum atomic E-state index is 2.53. The zero-order valence-electron chi connectivity index (χ0n) is 60.1. The Morgan fingerprint density at radius 1 is 0.155 bits per heavy atom. The van der Waals surface area contributed by atoms with Gasteiger partial charge in [-0.25, -0.2) is 0 Å². The van der Waals surface area contributed by atoms with Crippen LogP contribution in [0.2, 0.25) is 0 Å². The van der Waals surface area contributed by atoms with Gasteiger partial charge in [-0.3, -0.25) is 0 Å². The molecule has 0 radical (unpaired) electrons. The number of benzene rings is 16. The summed E-state index contributed by atoms with van der Waals surface area (Å²) < 4.78 is 12.0. The summed E-state index contributed by atoms with van der Waals surface area (Å²) in [5.41, 5.74) is 27.2. The molecule has 518 valence electrons. The van der Waals surface area contributed by atoms with Crippen LogP contribution >= 0.6 is 0 Å². The first-order valence-electron chi connectivity index (χ1n) is 37.9. The zero-order valence-corrected chi connectivity index (χ0v) is 60.1. The number of rotatable bonds is 14. The summed E-state index contributed by atoms with van der Waals surface area (Å²) >= 11 is 0. The van der Waals surface area contributed by atoms with Crippen LogP contribution in [0.25, 0.3) is 137 Å². The number of nitrogens with zero attached hydrogens (tertiary/aromatic N) is 8. The van der Waals surface area contributed by atoms with Gasteiger partial charge in [0.1, 0.15) is 0 Å². The number of anilines is 7. The average molecular weight is 1410 g/mol. The minimum atomic E-state index is 0.748. The number of hydrogen-bond acceptors (Lipinski definition) is 3. The van der Waals surface area contributed by atoms with Crippen molar-refractivity contribution >= 4 is 149 Å². The van der Waals surface area contributed by atoms with E-state index in [2.05, 4.69) is 438 Å². The van der Waals surface area contributed by atoms with E-state index in [4.69, 9.17) is 0 Å². The Kier molecular flexibility index (Phi) is 14.6. The molecule has 0 unspecified atom stereocenters. The van der Waals surface area contributed by atoms with Gasteiger partial charge < -0.3 is 37.5 Å². The third-order valence-corrected chi connectivity index (χ3v) is 22.7. The molecule has 8 heteroatoms. The summed E-state index contributed by atoms with van der Waals surface area (Å²) in [6.07, 6.45) is 6.29. The second-order valence-electron chi connectivity index (χ2n) is 28.8. The Bertz CT molecular complexity index is 6950. The lowest BCUT2D eigenvalue weighted by atomic mass is 10.0. The van der Waals surface area contributed by atoms with E-state index in [0.29, 0.717) is 0 Å². The van der Waals surface area contributed by atoms with Crippen LogP contribution in [0, 0.1) is 0 Å². The second kappa shape index (κ2) is 25.6. The summed E-state index contributed by atoms with van der Waals surface area (Å²) in [5.74, 6) is 0. The van der Waals surface area contributed by atoms with E-state index in [0.717, 1.165) is 109 Å². The maximum Gasteiger partial charge on any atom is 0.0542 e. The molecule has 0 aliphatic heterocycles. The Labute approximate surface area is 635 Å². The molecule has 21 aromatic rings. The molecule has 5 aromatic heterocycles. The van der Waals surface area contributed by atoms with Crippen LogP contribution in [0.5, 0.6) is 0 Å². The lowest BCUT2D eigenvalue weighted by Gasteiger charge is -2.34. The van der Waals surface area contributed by atoms with Crippen molar-refractivity contribution in [1.29, 1.82) is 0 Å². The molecule has 16 aromatic carbocycles. The average Bonchev–Trinajstić information content (AvgIpc) is 1.58. The Balaban J connectivity index is 0.731. The van der Waals surface area contributed by atoms with E-state index in [1.54, 1.807) is 0 Å². The normalized spacial score (nSPS) is 12.6. The molecule has 0 saturated carbocycles. The van der Waals surface area contributed by atoms with Crippen molar-refractivity contribution in [3.05, 3.63) is 412 Å². The highest BCUT2D eigenvalue weighted by Gasteiger charge is 2.28. The molecular weight excluding hydrogens is 1340 g/mol. The summed E-state index contributed by atoms with van der Waals surface area (Å²) in [5, 5.41) is 12.0. The van der Waals surface area contributed by atoms with E-state index in [1.807, 2.05) is 0 Å². The topological polar surface area (TPSA) is 34.4 Å². The van der Waals surface area contributed by atoms with E-state index >= 15 is 0 Å². The van der Waals surface area contributed by atoms with Gasteiger partial charge in [0.2, 0.25) is 0 Å². The second-order valence-corrected chi connectivity index (χ2v) is 28.8. The van der Waals surface area contributed by atoms with Gasteiger partial charge in [0.05, 0.1) is 55.2 Å². The highest BCUT2D eigenvalue weighted by molar-refractivity contribution is 6.16. The number of hydrogen-bond donors (Lipinski definition) is 0. The maximum absolute atomic E-state index is 2.53. The molecule has 0 saturated heterocycles. The smallest absolute Gasteiger partial charge is 0.0542 e. The molecule has 8 nitrogen and oxygen atoms in total. The highest BCUT2D eigenvalue weighted by atomic mass is 15.2. The van der Waals surface area contributed by atoms with Crippen LogP contribution in [0.3, 0.4) is 0 Å². The van der Waals surface area contributed by atoms with E-state index in [9.17, 15) is 0 Å². The fourth-order valence-electron chi connectivity index (χ4n) is 17.9.